The molecule has 4 heterocycles. The Hall–Kier alpha value is -1.40. The molecule has 9 nitrogen and oxygen atoms in total. The summed E-state index contributed by atoms with van der Waals surface area (Å²) in [5.41, 5.74) is 5.89. The Morgan fingerprint density at radius 1 is 1.38 bits per heavy atom. The second-order valence-corrected chi connectivity index (χ2v) is 8.15. The Morgan fingerprint density at radius 3 is 2.85 bits per heavy atom. The van der Waals surface area contributed by atoms with Crippen LogP contribution in [0.1, 0.15) is 4.88 Å². The molecule has 140 valence electrons. The molecule has 11 heteroatoms. The number of hydrogen-bond donors (Lipinski definition) is 4. The lowest BCUT2D eigenvalue weighted by molar-refractivity contribution is -0.0688. The molecule has 1 aromatic heterocycles. The van der Waals surface area contributed by atoms with Crippen molar-refractivity contribution in [3.63, 3.8) is 0 Å². The van der Waals surface area contributed by atoms with Crippen molar-refractivity contribution in [3.05, 3.63) is 21.3 Å². The van der Waals surface area contributed by atoms with Crippen molar-refractivity contribution >= 4 is 40.8 Å². The van der Waals surface area contributed by atoms with Gasteiger partial charge in [0.15, 0.2) is 17.7 Å². The molecule has 1 aromatic rings. The van der Waals surface area contributed by atoms with Gasteiger partial charge in [0.25, 0.3) is 0 Å². The monoisotopic (exact) mass is 399 g/mol. The first-order valence-corrected chi connectivity index (χ1v) is 9.21. The highest BCUT2D eigenvalue weighted by molar-refractivity contribution is 7.16. The number of hydrogen-bond acceptors (Lipinski definition) is 10. The van der Waals surface area contributed by atoms with Gasteiger partial charge in [0.1, 0.15) is 37.0 Å². The highest BCUT2D eigenvalue weighted by Gasteiger charge is 2.50. The second kappa shape index (κ2) is 6.64. The van der Waals surface area contributed by atoms with Gasteiger partial charge < -0.3 is 30.7 Å². The topological polar surface area (TPSA) is 136 Å². The SMILES string of the molecule is NC1(Cc2ccc(Cl)s2)N=CN=C2C1=NCN2[C@@H]1O[C@H](CO)[C@@H](O)[C@H]1O. The van der Waals surface area contributed by atoms with Gasteiger partial charge in [0, 0.05) is 11.3 Å². The Kier molecular flexibility index (Phi) is 4.59. The molecule has 0 aliphatic carbocycles. The van der Waals surface area contributed by atoms with E-state index in [-0.39, 0.29) is 6.67 Å². The standard InChI is InChI=1S/C15H18ClN5O4S/c16-9-2-1-7(26-9)3-15(17)12-13(18-5-20-15)21(6-19-12)14-11(24)10(23)8(4-22)25-14/h1-2,5,8,10-11,14,22-24H,3-4,6,17H2/t8-,10-,11-,14-,15?/m1/s1. The van der Waals surface area contributed by atoms with E-state index >= 15 is 0 Å². The summed E-state index contributed by atoms with van der Waals surface area (Å²) in [6, 6.07) is 3.69. The Balaban J connectivity index is 1.57. The number of fused-ring (bicyclic) bond motifs is 1. The summed E-state index contributed by atoms with van der Waals surface area (Å²) in [5.74, 6) is 0.444. The lowest BCUT2D eigenvalue weighted by atomic mass is 9.98. The van der Waals surface area contributed by atoms with Gasteiger partial charge in [-0.05, 0) is 12.1 Å². The number of ether oxygens (including phenoxy) is 1. The van der Waals surface area contributed by atoms with E-state index in [2.05, 4.69) is 15.0 Å². The Bertz CT molecular complexity index is 799. The van der Waals surface area contributed by atoms with Crippen molar-refractivity contribution in [1.29, 1.82) is 0 Å². The molecule has 0 aromatic carbocycles. The normalized spacial score (nSPS) is 36.3. The van der Waals surface area contributed by atoms with E-state index in [0.717, 1.165) is 4.88 Å². The Morgan fingerprint density at radius 2 is 2.19 bits per heavy atom. The maximum absolute atomic E-state index is 10.3. The minimum absolute atomic E-state index is 0.161. The molecular formula is C15H18ClN5O4S. The first-order valence-electron chi connectivity index (χ1n) is 8.02. The maximum Gasteiger partial charge on any atom is 0.162 e. The van der Waals surface area contributed by atoms with Crippen molar-refractivity contribution in [3.8, 4) is 0 Å². The first-order chi connectivity index (χ1) is 12.4. The zero-order chi connectivity index (χ0) is 18.5. The molecule has 0 radical (unpaired) electrons. The highest BCUT2D eigenvalue weighted by atomic mass is 35.5. The van der Waals surface area contributed by atoms with Gasteiger partial charge in [-0.3, -0.25) is 4.99 Å². The van der Waals surface area contributed by atoms with Crippen LogP contribution in [-0.4, -0.2) is 81.6 Å². The van der Waals surface area contributed by atoms with E-state index in [9.17, 15) is 15.3 Å². The van der Waals surface area contributed by atoms with Crippen LogP contribution in [0.15, 0.2) is 27.1 Å². The summed E-state index contributed by atoms with van der Waals surface area (Å²) in [6.07, 6.45) is -2.37. The summed E-state index contributed by atoms with van der Waals surface area (Å²) in [7, 11) is 0. The fourth-order valence-corrected chi connectivity index (χ4v) is 4.49. The molecule has 1 fully saturated rings. The van der Waals surface area contributed by atoms with Gasteiger partial charge in [0.05, 0.1) is 10.9 Å². The van der Waals surface area contributed by atoms with Crippen LogP contribution in [0.5, 0.6) is 0 Å². The fraction of sp³-hybridized carbons (Fsp3) is 0.533. The zero-order valence-electron chi connectivity index (χ0n) is 13.6. The maximum atomic E-state index is 10.3. The molecule has 26 heavy (non-hydrogen) atoms. The van der Waals surface area contributed by atoms with E-state index in [1.54, 1.807) is 11.0 Å². The number of nitrogens with two attached hydrogens (primary N) is 1. The molecule has 1 saturated heterocycles. The van der Waals surface area contributed by atoms with Crippen molar-refractivity contribution < 1.29 is 20.1 Å². The second-order valence-electron chi connectivity index (χ2n) is 6.35. The third-order valence-corrected chi connectivity index (χ3v) is 5.87. The van der Waals surface area contributed by atoms with Crippen molar-refractivity contribution in [2.75, 3.05) is 13.3 Å². The summed E-state index contributed by atoms with van der Waals surface area (Å²) >= 11 is 7.41. The number of thiophene rings is 1. The molecule has 5 atom stereocenters. The van der Waals surface area contributed by atoms with E-state index < -0.39 is 36.8 Å². The minimum atomic E-state index is -1.20. The van der Waals surface area contributed by atoms with Crippen LogP contribution < -0.4 is 5.73 Å². The molecule has 1 unspecified atom stereocenters. The number of nitrogens with zero attached hydrogens (tertiary/aromatic N) is 4. The van der Waals surface area contributed by atoms with Crippen LogP contribution in [0.25, 0.3) is 0 Å². The summed E-state index contributed by atoms with van der Waals surface area (Å²) in [6.45, 7) is -0.238. The molecule has 0 saturated carbocycles. The average molecular weight is 400 g/mol. The molecule has 4 rings (SSSR count). The van der Waals surface area contributed by atoms with Crippen LogP contribution in [0.3, 0.4) is 0 Å². The Labute approximate surface area is 158 Å². The van der Waals surface area contributed by atoms with Crippen molar-refractivity contribution in [2.45, 2.75) is 36.6 Å². The van der Waals surface area contributed by atoms with Gasteiger partial charge in [-0.1, -0.05) is 11.6 Å². The van der Waals surface area contributed by atoms with Crippen LogP contribution >= 0.6 is 22.9 Å². The first kappa shape index (κ1) is 18.0. The van der Waals surface area contributed by atoms with Crippen LogP contribution in [-0.2, 0) is 11.2 Å². The third-order valence-electron chi connectivity index (χ3n) is 4.64. The van der Waals surface area contributed by atoms with E-state index in [0.29, 0.717) is 22.3 Å². The largest absolute Gasteiger partial charge is 0.394 e. The molecule has 5 N–H and O–H groups in total. The van der Waals surface area contributed by atoms with E-state index in [1.807, 2.05) is 6.07 Å². The number of halogens is 1. The van der Waals surface area contributed by atoms with Crippen molar-refractivity contribution in [1.82, 2.24) is 4.90 Å². The highest BCUT2D eigenvalue weighted by Crippen LogP contribution is 2.31. The van der Waals surface area contributed by atoms with Gasteiger partial charge >= 0.3 is 0 Å². The van der Waals surface area contributed by atoms with Gasteiger partial charge in [-0.15, -0.1) is 11.3 Å². The lowest BCUT2D eigenvalue weighted by Crippen LogP contribution is -2.56. The number of aliphatic hydroxyl groups excluding tert-OH is 3. The van der Waals surface area contributed by atoms with E-state index in [1.165, 1.54) is 17.7 Å². The van der Waals surface area contributed by atoms with Gasteiger partial charge in [0.2, 0.25) is 0 Å². The quantitative estimate of drug-likeness (QED) is 0.523. The number of rotatable bonds is 4. The van der Waals surface area contributed by atoms with E-state index in [4.69, 9.17) is 22.1 Å². The van der Waals surface area contributed by atoms with Crippen LogP contribution in [0.2, 0.25) is 4.34 Å². The molecule has 3 aliphatic heterocycles. The minimum Gasteiger partial charge on any atom is -0.394 e. The third kappa shape index (κ3) is 2.87. The van der Waals surface area contributed by atoms with Gasteiger partial charge in [-0.2, -0.15) is 0 Å². The zero-order valence-corrected chi connectivity index (χ0v) is 15.1. The predicted octanol–water partition coefficient (Wildman–Crippen LogP) is -0.808. The van der Waals surface area contributed by atoms with Crippen molar-refractivity contribution in [2.24, 2.45) is 20.7 Å². The summed E-state index contributed by atoms with van der Waals surface area (Å²) in [5, 5.41) is 29.5. The smallest absolute Gasteiger partial charge is 0.162 e. The molecule has 3 aliphatic rings. The fourth-order valence-electron chi connectivity index (χ4n) is 3.31. The predicted molar refractivity (Wildman–Crippen MR) is 97.8 cm³/mol. The number of amidine groups is 1. The molecule has 0 spiro atoms. The average Bonchev–Trinajstić information content (AvgIpc) is 3.28. The number of aliphatic hydroxyl groups is 3. The summed E-state index contributed by atoms with van der Waals surface area (Å²) in [4.78, 5) is 15.6. The molecule has 0 amide bonds. The molecule has 0 bridgehead atoms. The van der Waals surface area contributed by atoms with Gasteiger partial charge in [-0.25, -0.2) is 9.98 Å². The summed E-state index contributed by atoms with van der Waals surface area (Å²) < 4.78 is 6.24. The molecular weight excluding hydrogens is 382 g/mol. The lowest BCUT2D eigenvalue weighted by Gasteiger charge is -2.32. The van der Waals surface area contributed by atoms with Crippen LogP contribution in [0.4, 0.5) is 0 Å². The number of aliphatic imine (C=N–C) groups is 3. The van der Waals surface area contributed by atoms with Crippen LogP contribution in [0, 0.1) is 0 Å².